The second kappa shape index (κ2) is 7.34. The van der Waals surface area contributed by atoms with Crippen molar-refractivity contribution in [2.24, 2.45) is 5.73 Å². The number of hydrogen-bond donors (Lipinski definition) is 1. The van der Waals surface area contributed by atoms with E-state index in [1.807, 2.05) is 19.9 Å². The molecule has 1 heterocycles. The first-order valence-corrected chi connectivity index (χ1v) is 7.94. The Hall–Kier alpha value is -0.970. The van der Waals surface area contributed by atoms with Gasteiger partial charge in [-0.3, -0.25) is 0 Å². The summed E-state index contributed by atoms with van der Waals surface area (Å²) in [4.78, 5) is 0. The van der Waals surface area contributed by atoms with Gasteiger partial charge in [-0.1, -0.05) is 11.6 Å². The van der Waals surface area contributed by atoms with E-state index in [0.29, 0.717) is 29.7 Å². The number of halogens is 1. The van der Waals surface area contributed by atoms with Crippen LogP contribution >= 0.6 is 11.6 Å². The van der Waals surface area contributed by atoms with Crippen molar-refractivity contribution < 1.29 is 14.2 Å². The predicted octanol–water partition coefficient (Wildman–Crippen LogP) is 3.70. The van der Waals surface area contributed by atoms with E-state index < -0.39 is 0 Å². The first kappa shape index (κ1) is 16.4. The third-order valence-electron chi connectivity index (χ3n) is 3.69. The molecule has 2 rings (SSSR count). The summed E-state index contributed by atoms with van der Waals surface area (Å²) < 4.78 is 17.1. The second-order valence-corrected chi connectivity index (χ2v) is 5.68. The van der Waals surface area contributed by atoms with Crippen LogP contribution in [0.3, 0.4) is 0 Å². The van der Waals surface area contributed by atoms with Gasteiger partial charge in [0.15, 0.2) is 11.5 Å². The van der Waals surface area contributed by atoms with Gasteiger partial charge in [-0.2, -0.15) is 0 Å². The quantitative estimate of drug-likeness (QED) is 0.870. The topological polar surface area (TPSA) is 53.7 Å². The van der Waals surface area contributed by atoms with Crippen molar-refractivity contribution in [1.82, 2.24) is 0 Å². The molecule has 5 heteroatoms. The van der Waals surface area contributed by atoms with Crippen LogP contribution in [0.1, 0.15) is 45.2 Å². The molecule has 1 saturated heterocycles. The van der Waals surface area contributed by atoms with Crippen molar-refractivity contribution >= 4 is 11.6 Å². The maximum absolute atomic E-state index is 6.38. The number of hydrogen-bond acceptors (Lipinski definition) is 4. The summed E-state index contributed by atoms with van der Waals surface area (Å²) in [6.45, 7) is 7.05. The van der Waals surface area contributed by atoms with Crippen molar-refractivity contribution in [3.63, 3.8) is 0 Å². The van der Waals surface area contributed by atoms with Crippen LogP contribution in [0.15, 0.2) is 12.1 Å². The van der Waals surface area contributed by atoms with Crippen LogP contribution in [0.5, 0.6) is 11.5 Å². The van der Waals surface area contributed by atoms with Crippen LogP contribution < -0.4 is 15.2 Å². The van der Waals surface area contributed by atoms with Gasteiger partial charge in [0.1, 0.15) is 0 Å². The molecule has 1 aliphatic heterocycles. The Morgan fingerprint density at radius 1 is 1.24 bits per heavy atom. The minimum atomic E-state index is -0.252. The van der Waals surface area contributed by atoms with Gasteiger partial charge in [-0.15, -0.1) is 0 Å². The molecule has 0 radical (unpaired) electrons. The van der Waals surface area contributed by atoms with Crippen LogP contribution in [0, 0.1) is 0 Å². The average Bonchev–Trinajstić information content (AvgIpc) is 2.88. The molecule has 0 aromatic heterocycles. The van der Waals surface area contributed by atoms with Crippen LogP contribution in [0.4, 0.5) is 0 Å². The van der Waals surface area contributed by atoms with E-state index in [1.165, 1.54) is 0 Å². The molecule has 0 amide bonds. The first-order chi connectivity index (χ1) is 10.1. The summed E-state index contributed by atoms with van der Waals surface area (Å²) >= 11 is 6.38. The van der Waals surface area contributed by atoms with E-state index in [4.69, 9.17) is 31.5 Å². The number of rotatable bonds is 6. The third-order valence-corrected chi connectivity index (χ3v) is 4.01. The van der Waals surface area contributed by atoms with Gasteiger partial charge < -0.3 is 19.9 Å². The largest absolute Gasteiger partial charge is 0.490 e. The van der Waals surface area contributed by atoms with Gasteiger partial charge in [0.25, 0.3) is 0 Å². The number of benzene rings is 1. The fourth-order valence-electron chi connectivity index (χ4n) is 2.64. The summed E-state index contributed by atoms with van der Waals surface area (Å²) in [5.41, 5.74) is 7.20. The molecular formula is C16H24ClNO3. The molecule has 0 bridgehead atoms. The van der Waals surface area contributed by atoms with Gasteiger partial charge in [-0.05, 0) is 45.2 Å². The molecule has 1 aliphatic rings. The van der Waals surface area contributed by atoms with Crippen molar-refractivity contribution in [2.45, 2.75) is 51.9 Å². The Morgan fingerprint density at radius 3 is 2.38 bits per heavy atom. The molecule has 3 unspecified atom stereocenters. The van der Waals surface area contributed by atoms with Crippen molar-refractivity contribution in [3.8, 4) is 11.5 Å². The molecule has 1 fully saturated rings. The molecule has 2 N–H and O–H groups in total. The van der Waals surface area contributed by atoms with Gasteiger partial charge in [-0.25, -0.2) is 0 Å². The Bertz CT molecular complexity index is 481. The third kappa shape index (κ3) is 3.82. The van der Waals surface area contributed by atoms with E-state index >= 15 is 0 Å². The average molecular weight is 314 g/mol. The van der Waals surface area contributed by atoms with Crippen molar-refractivity contribution in [2.75, 3.05) is 13.2 Å². The lowest BCUT2D eigenvalue weighted by Crippen LogP contribution is -2.26. The van der Waals surface area contributed by atoms with E-state index in [1.54, 1.807) is 6.07 Å². The summed E-state index contributed by atoms with van der Waals surface area (Å²) in [5, 5.41) is 0.595. The Morgan fingerprint density at radius 2 is 1.86 bits per heavy atom. The highest BCUT2D eigenvalue weighted by atomic mass is 35.5. The van der Waals surface area contributed by atoms with Crippen molar-refractivity contribution in [3.05, 3.63) is 22.7 Å². The normalized spacial score (nSPS) is 23.1. The van der Waals surface area contributed by atoms with Gasteiger partial charge >= 0.3 is 0 Å². The molecule has 1 aromatic rings. The maximum Gasteiger partial charge on any atom is 0.162 e. The molecule has 118 valence electrons. The van der Waals surface area contributed by atoms with E-state index in [-0.39, 0.29) is 18.2 Å². The molecule has 0 spiro atoms. The molecule has 4 nitrogen and oxygen atoms in total. The molecular weight excluding hydrogens is 290 g/mol. The zero-order valence-corrected chi connectivity index (χ0v) is 13.7. The molecule has 3 atom stereocenters. The van der Waals surface area contributed by atoms with E-state index in [2.05, 4.69) is 6.92 Å². The van der Waals surface area contributed by atoms with Gasteiger partial charge in [0.2, 0.25) is 0 Å². The number of nitrogens with two attached hydrogens (primary N) is 1. The fraction of sp³-hybridized carbons (Fsp3) is 0.625. The smallest absolute Gasteiger partial charge is 0.162 e. The maximum atomic E-state index is 6.38. The van der Waals surface area contributed by atoms with Crippen LogP contribution in [-0.4, -0.2) is 25.4 Å². The lowest BCUT2D eigenvalue weighted by molar-refractivity contribution is 0.0401. The Balaban J connectivity index is 2.27. The zero-order chi connectivity index (χ0) is 15.4. The highest BCUT2D eigenvalue weighted by Crippen LogP contribution is 2.38. The second-order valence-electron chi connectivity index (χ2n) is 5.27. The Kier molecular flexibility index (Phi) is 5.73. The van der Waals surface area contributed by atoms with E-state index in [9.17, 15) is 0 Å². The van der Waals surface area contributed by atoms with Crippen LogP contribution in [0.25, 0.3) is 0 Å². The Labute approximate surface area is 131 Å². The summed E-state index contributed by atoms with van der Waals surface area (Å²) in [6.07, 6.45) is 2.25. The minimum absolute atomic E-state index is 0.00456. The molecule has 0 saturated carbocycles. The predicted molar refractivity (Wildman–Crippen MR) is 84.3 cm³/mol. The molecule has 1 aromatic carbocycles. The zero-order valence-electron chi connectivity index (χ0n) is 12.9. The van der Waals surface area contributed by atoms with Crippen LogP contribution in [-0.2, 0) is 4.74 Å². The first-order valence-electron chi connectivity index (χ1n) is 7.56. The number of ether oxygens (including phenoxy) is 3. The standard InChI is InChI=1S/C16H24ClNO3/c1-4-19-14-8-11(12(17)9-15(14)20-5-2)16(18)13-7-6-10(3)21-13/h8-10,13,16H,4-7,18H2,1-3H3. The highest BCUT2D eigenvalue weighted by Gasteiger charge is 2.30. The van der Waals surface area contributed by atoms with Crippen LogP contribution in [0.2, 0.25) is 5.02 Å². The monoisotopic (exact) mass is 313 g/mol. The van der Waals surface area contributed by atoms with Crippen molar-refractivity contribution in [1.29, 1.82) is 0 Å². The summed E-state index contributed by atoms with van der Waals surface area (Å²) in [5.74, 6) is 1.33. The summed E-state index contributed by atoms with van der Waals surface area (Å²) in [6, 6.07) is 3.41. The van der Waals surface area contributed by atoms with Gasteiger partial charge in [0, 0.05) is 11.1 Å². The SMILES string of the molecule is CCOc1cc(Cl)c(C(N)C2CCC(C)O2)cc1OCC. The summed E-state index contributed by atoms with van der Waals surface area (Å²) in [7, 11) is 0. The van der Waals surface area contributed by atoms with Gasteiger partial charge in [0.05, 0.1) is 31.5 Å². The lowest BCUT2D eigenvalue weighted by Gasteiger charge is -2.22. The fourth-order valence-corrected chi connectivity index (χ4v) is 2.92. The molecule has 21 heavy (non-hydrogen) atoms. The minimum Gasteiger partial charge on any atom is -0.490 e. The lowest BCUT2D eigenvalue weighted by atomic mass is 9.99. The molecule has 0 aliphatic carbocycles. The highest BCUT2D eigenvalue weighted by molar-refractivity contribution is 6.31. The van der Waals surface area contributed by atoms with E-state index in [0.717, 1.165) is 18.4 Å².